The van der Waals surface area contributed by atoms with Gasteiger partial charge in [-0.1, -0.05) is 6.07 Å². The summed E-state index contributed by atoms with van der Waals surface area (Å²) < 4.78 is 10.5. The maximum absolute atomic E-state index is 11.3. The average Bonchev–Trinajstić information content (AvgIpc) is 2.79. The number of nitrogens with zero attached hydrogens (tertiary/aromatic N) is 1. The van der Waals surface area contributed by atoms with Crippen LogP contribution in [-0.4, -0.2) is 17.6 Å². The molecule has 0 radical (unpaired) electrons. The van der Waals surface area contributed by atoms with Gasteiger partial charge in [-0.15, -0.1) is 0 Å². The lowest BCUT2D eigenvalue weighted by atomic mass is 10.1. The monoisotopic (exact) mass is 233 g/mol. The number of ether oxygens (including phenoxy) is 2. The molecule has 1 aliphatic rings. The summed E-state index contributed by atoms with van der Waals surface area (Å²) >= 11 is 0. The average molecular weight is 233 g/mol. The summed E-state index contributed by atoms with van der Waals surface area (Å²) in [5, 5.41) is 0. The van der Waals surface area contributed by atoms with E-state index in [1.54, 1.807) is 19.3 Å². The van der Waals surface area contributed by atoms with Crippen molar-refractivity contribution in [3.8, 4) is 0 Å². The minimum atomic E-state index is -0.339. The van der Waals surface area contributed by atoms with E-state index in [4.69, 9.17) is 9.47 Å². The Kier molecular flexibility index (Phi) is 3.75. The third-order valence-corrected chi connectivity index (χ3v) is 2.57. The Labute approximate surface area is 100 Å². The molecule has 1 aromatic rings. The zero-order valence-electron chi connectivity index (χ0n) is 9.76. The second-order valence-electron chi connectivity index (χ2n) is 3.79. The highest BCUT2D eigenvalue weighted by Crippen LogP contribution is 2.34. The molecule has 0 spiro atoms. The van der Waals surface area contributed by atoms with E-state index in [9.17, 15) is 4.79 Å². The first-order valence-electron chi connectivity index (χ1n) is 5.73. The van der Waals surface area contributed by atoms with E-state index in [0.717, 1.165) is 18.4 Å². The topological polar surface area (TPSA) is 48.4 Å². The minimum absolute atomic E-state index is 0.00405. The van der Waals surface area contributed by atoms with Crippen molar-refractivity contribution in [2.45, 2.75) is 25.9 Å². The Hall–Kier alpha value is -1.84. The number of allylic oxidation sites excluding steroid dienone is 1. The molecular formula is C13H15NO3. The summed E-state index contributed by atoms with van der Waals surface area (Å²) in [5.41, 5.74) is 1.04. The van der Waals surface area contributed by atoms with Crippen molar-refractivity contribution >= 4 is 5.97 Å². The van der Waals surface area contributed by atoms with Gasteiger partial charge in [0.15, 0.2) is 0 Å². The van der Waals surface area contributed by atoms with Crippen LogP contribution in [0.4, 0.5) is 0 Å². The van der Waals surface area contributed by atoms with Gasteiger partial charge < -0.3 is 9.47 Å². The Morgan fingerprint density at radius 3 is 3.29 bits per heavy atom. The van der Waals surface area contributed by atoms with Crippen molar-refractivity contribution in [2.75, 3.05) is 6.61 Å². The fourth-order valence-electron chi connectivity index (χ4n) is 1.80. The van der Waals surface area contributed by atoms with Gasteiger partial charge in [0.2, 0.25) is 0 Å². The number of esters is 1. The molecule has 0 N–H and O–H groups in total. The molecular weight excluding hydrogens is 218 g/mol. The third kappa shape index (κ3) is 3.06. The Balaban J connectivity index is 1.98. The molecule has 90 valence electrons. The van der Waals surface area contributed by atoms with Crippen LogP contribution >= 0.6 is 0 Å². The van der Waals surface area contributed by atoms with Crippen LogP contribution < -0.4 is 0 Å². The van der Waals surface area contributed by atoms with Crippen LogP contribution in [0, 0.1) is 0 Å². The van der Waals surface area contributed by atoms with Crippen LogP contribution in [0.3, 0.4) is 0 Å². The molecule has 1 aromatic heterocycles. The minimum Gasteiger partial charge on any atom is -0.490 e. The first kappa shape index (κ1) is 11.6. The van der Waals surface area contributed by atoms with E-state index in [0.29, 0.717) is 12.4 Å². The van der Waals surface area contributed by atoms with Crippen LogP contribution in [0.5, 0.6) is 0 Å². The standard InChI is InChI=1S/C13H15NO3/c1-2-16-13(15)8-11-5-6-12(17-11)10-4-3-7-14-9-10/h3-4,7-9,12H,2,5-6H2,1H3/b11-8+. The quantitative estimate of drug-likeness (QED) is 0.594. The Morgan fingerprint density at radius 2 is 2.59 bits per heavy atom. The highest BCUT2D eigenvalue weighted by Gasteiger charge is 2.23. The molecule has 0 bridgehead atoms. The lowest BCUT2D eigenvalue weighted by molar-refractivity contribution is -0.137. The van der Waals surface area contributed by atoms with Crippen LogP contribution in [-0.2, 0) is 14.3 Å². The number of aromatic nitrogens is 1. The fourth-order valence-corrected chi connectivity index (χ4v) is 1.80. The van der Waals surface area contributed by atoms with Crippen molar-refractivity contribution in [3.63, 3.8) is 0 Å². The van der Waals surface area contributed by atoms with Crippen molar-refractivity contribution in [2.24, 2.45) is 0 Å². The molecule has 1 aliphatic heterocycles. The highest BCUT2D eigenvalue weighted by molar-refractivity contribution is 5.82. The smallest absolute Gasteiger partial charge is 0.334 e. The van der Waals surface area contributed by atoms with Crippen molar-refractivity contribution in [1.29, 1.82) is 0 Å². The van der Waals surface area contributed by atoms with Crippen LogP contribution in [0.15, 0.2) is 36.4 Å². The SMILES string of the molecule is CCOC(=O)/C=C1\CCC(c2cccnc2)O1. The van der Waals surface area contributed by atoms with E-state index in [1.807, 2.05) is 12.1 Å². The largest absolute Gasteiger partial charge is 0.490 e. The van der Waals surface area contributed by atoms with Gasteiger partial charge in [-0.25, -0.2) is 4.79 Å². The third-order valence-electron chi connectivity index (χ3n) is 2.57. The van der Waals surface area contributed by atoms with Crippen molar-refractivity contribution in [3.05, 3.63) is 41.9 Å². The lowest BCUT2D eigenvalue weighted by Gasteiger charge is -2.09. The molecule has 0 aliphatic carbocycles. The maximum Gasteiger partial charge on any atom is 0.334 e. The van der Waals surface area contributed by atoms with Crippen LogP contribution in [0.25, 0.3) is 0 Å². The van der Waals surface area contributed by atoms with Gasteiger partial charge in [0.1, 0.15) is 11.9 Å². The summed E-state index contributed by atoms with van der Waals surface area (Å²) in [6.07, 6.45) is 6.59. The predicted octanol–water partition coefficient (Wildman–Crippen LogP) is 2.38. The molecule has 0 saturated carbocycles. The first-order valence-corrected chi connectivity index (χ1v) is 5.73. The predicted molar refractivity (Wildman–Crippen MR) is 62.0 cm³/mol. The first-order chi connectivity index (χ1) is 8.29. The molecule has 4 nitrogen and oxygen atoms in total. The second-order valence-corrected chi connectivity index (χ2v) is 3.79. The summed E-state index contributed by atoms with van der Waals surface area (Å²) in [6.45, 7) is 2.17. The second kappa shape index (κ2) is 5.48. The number of hydrogen-bond acceptors (Lipinski definition) is 4. The van der Waals surface area contributed by atoms with E-state index >= 15 is 0 Å². The Morgan fingerprint density at radius 1 is 1.71 bits per heavy atom. The van der Waals surface area contributed by atoms with Gasteiger partial charge in [-0.05, 0) is 19.4 Å². The van der Waals surface area contributed by atoms with Crippen molar-refractivity contribution < 1.29 is 14.3 Å². The number of rotatable bonds is 3. The van der Waals surface area contributed by atoms with Gasteiger partial charge in [0.25, 0.3) is 0 Å². The van der Waals surface area contributed by atoms with E-state index in [1.165, 1.54) is 6.08 Å². The molecule has 17 heavy (non-hydrogen) atoms. The number of carbonyl (C=O) groups excluding carboxylic acids is 1. The number of carbonyl (C=O) groups is 1. The van der Waals surface area contributed by atoms with Gasteiger partial charge in [-0.3, -0.25) is 4.98 Å². The number of pyridine rings is 1. The van der Waals surface area contributed by atoms with Gasteiger partial charge in [0, 0.05) is 24.4 Å². The van der Waals surface area contributed by atoms with Gasteiger partial charge in [0.05, 0.1) is 12.7 Å². The Bertz CT molecular complexity index is 414. The highest BCUT2D eigenvalue weighted by atomic mass is 16.5. The molecule has 0 aromatic carbocycles. The zero-order valence-corrected chi connectivity index (χ0v) is 9.76. The zero-order chi connectivity index (χ0) is 12.1. The van der Waals surface area contributed by atoms with Crippen LogP contribution in [0.1, 0.15) is 31.4 Å². The number of hydrogen-bond donors (Lipinski definition) is 0. The van der Waals surface area contributed by atoms with E-state index < -0.39 is 0 Å². The maximum atomic E-state index is 11.3. The molecule has 1 fully saturated rings. The molecule has 1 unspecified atom stereocenters. The lowest BCUT2D eigenvalue weighted by Crippen LogP contribution is -2.01. The molecule has 0 amide bonds. The fraction of sp³-hybridized carbons (Fsp3) is 0.385. The molecule has 2 heterocycles. The molecule has 1 saturated heterocycles. The molecule has 1 atom stereocenters. The van der Waals surface area contributed by atoms with Crippen molar-refractivity contribution in [1.82, 2.24) is 4.98 Å². The summed E-state index contributed by atoms with van der Waals surface area (Å²) in [7, 11) is 0. The summed E-state index contributed by atoms with van der Waals surface area (Å²) in [5.74, 6) is 0.353. The van der Waals surface area contributed by atoms with E-state index in [-0.39, 0.29) is 12.1 Å². The molecule has 2 rings (SSSR count). The van der Waals surface area contributed by atoms with E-state index in [2.05, 4.69) is 4.98 Å². The van der Waals surface area contributed by atoms with Gasteiger partial charge in [-0.2, -0.15) is 0 Å². The van der Waals surface area contributed by atoms with Gasteiger partial charge >= 0.3 is 5.97 Å². The summed E-state index contributed by atoms with van der Waals surface area (Å²) in [6, 6.07) is 3.86. The normalized spacial score (nSPS) is 21.2. The molecule has 4 heteroatoms. The van der Waals surface area contributed by atoms with Crippen LogP contribution in [0.2, 0.25) is 0 Å². The summed E-state index contributed by atoms with van der Waals surface area (Å²) in [4.78, 5) is 15.3.